The van der Waals surface area contributed by atoms with Gasteiger partial charge in [-0.15, -0.1) is 11.8 Å². The van der Waals surface area contributed by atoms with Crippen molar-refractivity contribution in [3.05, 3.63) is 29.8 Å². The summed E-state index contributed by atoms with van der Waals surface area (Å²) in [5, 5.41) is 2.60. The number of rotatable bonds is 4. The van der Waals surface area contributed by atoms with Gasteiger partial charge < -0.3 is 5.32 Å². The molecule has 1 amide bonds. The Labute approximate surface area is 128 Å². The van der Waals surface area contributed by atoms with Crippen molar-refractivity contribution in [3.63, 3.8) is 0 Å². The Morgan fingerprint density at radius 1 is 1.24 bits per heavy atom. The van der Waals surface area contributed by atoms with E-state index in [1.165, 1.54) is 12.8 Å². The monoisotopic (exact) mass is 313 g/mol. The molecule has 0 aliphatic heterocycles. The van der Waals surface area contributed by atoms with E-state index in [2.05, 4.69) is 5.32 Å². The van der Waals surface area contributed by atoms with Crippen LogP contribution >= 0.6 is 11.8 Å². The van der Waals surface area contributed by atoms with Gasteiger partial charge in [0.1, 0.15) is 11.6 Å². The fourth-order valence-electron chi connectivity index (χ4n) is 2.55. The van der Waals surface area contributed by atoms with Crippen LogP contribution < -0.4 is 5.32 Å². The summed E-state index contributed by atoms with van der Waals surface area (Å²) in [5.41, 5.74) is 0. The number of hydrogen-bond donors (Lipinski definition) is 1. The lowest BCUT2D eigenvalue weighted by molar-refractivity contribution is -0.121. The number of amides is 1. The fraction of sp³-hybridized carbons (Fsp3) is 0.562. The maximum Gasteiger partial charge on any atom is 0.233 e. The van der Waals surface area contributed by atoms with Gasteiger partial charge in [0.25, 0.3) is 0 Å². The second-order valence-electron chi connectivity index (χ2n) is 5.53. The number of carbonyl (C=O) groups is 1. The van der Waals surface area contributed by atoms with E-state index in [1.54, 1.807) is 6.92 Å². The van der Waals surface area contributed by atoms with Gasteiger partial charge in [0.2, 0.25) is 5.91 Å². The summed E-state index contributed by atoms with van der Waals surface area (Å²) >= 11 is 1.06. The summed E-state index contributed by atoms with van der Waals surface area (Å²) in [4.78, 5) is 12.4. The molecule has 0 unspecified atom stereocenters. The third kappa shape index (κ3) is 4.99. The van der Waals surface area contributed by atoms with E-state index in [1.807, 2.05) is 0 Å². The molecule has 1 aromatic rings. The Balaban J connectivity index is 1.91. The first-order valence-electron chi connectivity index (χ1n) is 7.48. The Bertz CT molecular complexity index is 487. The highest BCUT2D eigenvalue weighted by molar-refractivity contribution is 8.00. The minimum absolute atomic E-state index is 0.101. The van der Waals surface area contributed by atoms with Crippen LogP contribution in [0.1, 0.15) is 45.4 Å². The van der Waals surface area contributed by atoms with Crippen molar-refractivity contribution in [3.8, 4) is 0 Å². The van der Waals surface area contributed by atoms with E-state index in [4.69, 9.17) is 0 Å². The van der Waals surface area contributed by atoms with Crippen LogP contribution in [0.3, 0.4) is 0 Å². The molecule has 1 atom stereocenters. The second kappa shape index (κ2) is 7.78. The predicted octanol–water partition coefficient (Wildman–Crippen LogP) is 4.28. The maximum absolute atomic E-state index is 13.6. The van der Waals surface area contributed by atoms with Crippen molar-refractivity contribution in [1.29, 1.82) is 0 Å². The van der Waals surface area contributed by atoms with Crippen molar-refractivity contribution < 1.29 is 13.6 Å². The lowest BCUT2D eigenvalue weighted by atomic mass is 10.1. The summed E-state index contributed by atoms with van der Waals surface area (Å²) in [6.07, 6.45) is 6.77. The molecule has 1 aliphatic carbocycles. The number of benzene rings is 1. The summed E-state index contributed by atoms with van der Waals surface area (Å²) in [6, 6.07) is 3.53. The minimum atomic E-state index is -0.490. The molecule has 0 aromatic heterocycles. The highest BCUT2D eigenvalue weighted by atomic mass is 32.2. The number of halogens is 2. The molecule has 0 spiro atoms. The molecule has 1 aliphatic rings. The summed E-state index contributed by atoms with van der Waals surface area (Å²) < 4.78 is 26.7. The van der Waals surface area contributed by atoms with Gasteiger partial charge in [-0.1, -0.05) is 25.7 Å². The highest BCUT2D eigenvalue weighted by Crippen LogP contribution is 2.27. The average Bonchev–Trinajstić information content (AvgIpc) is 2.71. The van der Waals surface area contributed by atoms with Gasteiger partial charge in [0.15, 0.2) is 0 Å². The normalized spacial score (nSPS) is 18.0. The smallest absolute Gasteiger partial charge is 0.233 e. The van der Waals surface area contributed by atoms with Gasteiger partial charge in [-0.2, -0.15) is 0 Å². The van der Waals surface area contributed by atoms with Crippen molar-refractivity contribution in [2.45, 2.75) is 61.6 Å². The molecule has 0 heterocycles. The molecule has 1 aromatic carbocycles. The first-order chi connectivity index (χ1) is 10.1. The number of hydrogen-bond acceptors (Lipinski definition) is 2. The van der Waals surface area contributed by atoms with Crippen LogP contribution in [-0.4, -0.2) is 17.2 Å². The molecule has 0 bridgehead atoms. The molecular weight excluding hydrogens is 292 g/mol. The van der Waals surface area contributed by atoms with E-state index in [0.717, 1.165) is 55.6 Å². The fourth-order valence-corrected chi connectivity index (χ4v) is 3.47. The lowest BCUT2D eigenvalue weighted by Gasteiger charge is -2.19. The van der Waals surface area contributed by atoms with Crippen molar-refractivity contribution >= 4 is 17.7 Å². The van der Waals surface area contributed by atoms with E-state index in [9.17, 15) is 13.6 Å². The van der Waals surface area contributed by atoms with E-state index in [0.29, 0.717) is 0 Å². The number of thioether (sulfide) groups is 1. The zero-order valence-electron chi connectivity index (χ0n) is 12.2. The molecule has 21 heavy (non-hydrogen) atoms. The average molecular weight is 313 g/mol. The first-order valence-corrected chi connectivity index (χ1v) is 8.36. The topological polar surface area (TPSA) is 29.1 Å². The highest BCUT2D eigenvalue weighted by Gasteiger charge is 2.20. The minimum Gasteiger partial charge on any atom is -0.352 e. The van der Waals surface area contributed by atoms with Gasteiger partial charge in [0, 0.05) is 10.9 Å². The maximum atomic E-state index is 13.6. The largest absolute Gasteiger partial charge is 0.352 e. The standard InChI is InChI=1S/C16H21F2NOS/c1-11(21-15-10-12(17)8-9-14(15)18)16(20)19-13-6-4-2-3-5-7-13/h8-11,13H,2-7H2,1H3,(H,19,20)/t11-/m0/s1. The number of carbonyl (C=O) groups excluding carboxylic acids is 1. The quantitative estimate of drug-likeness (QED) is 0.664. The first kappa shape index (κ1) is 16.3. The molecule has 1 saturated carbocycles. The van der Waals surface area contributed by atoms with E-state index < -0.39 is 16.9 Å². The van der Waals surface area contributed by atoms with Gasteiger partial charge in [0.05, 0.1) is 5.25 Å². The second-order valence-corrected chi connectivity index (χ2v) is 6.91. The Kier molecular flexibility index (Phi) is 6.03. The molecule has 0 saturated heterocycles. The molecule has 2 nitrogen and oxygen atoms in total. The van der Waals surface area contributed by atoms with Crippen molar-refractivity contribution in [2.75, 3.05) is 0 Å². The van der Waals surface area contributed by atoms with Crippen LogP contribution in [0.2, 0.25) is 0 Å². The third-order valence-corrected chi connectivity index (χ3v) is 4.90. The van der Waals surface area contributed by atoms with E-state index in [-0.39, 0.29) is 16.8 Å². The summed E-state index contributed by atoms with van der Waals surface area (Å²) in [7, 11) is 0. The predicted molar refractivity (Wildman–Crippen MR) is 81.3 cm³/mol. The van der Waals surface area contributed by atoms with Gasteiger partial charge in [-0.25, -0.2) is 8.78 Å². The number of nitrogens with one attached hydrogen (secondary N) is 1. The molecule has 0 radical (unpaired) electrons. The zero-order valence-corrected chi connectivity index (χ0v) is 13.0. The van der Waals surface area contributed by atoms with Crippen LogP contribution in [0, 0.1) is 11.6 Å². The summed E-state index contributed by atoms with van der Waals surface area (Å²) in [6.45, 7) is 1.72. The molecule has 1 N–H and O–H groups in total. The Morgan fingerprint density at radius 3 is 2.57 bits per heavy atom. The van der Waals surface area contributed by atoms with Crippen LogP contribution in [0.4, 0.5) is 8.78 Å². The van der Waals surface area contributed by atoms with Crippen molar-refractivity contribution in [2.24, 2.45) is 0 Å². The SMILES string of the molecule is C[C@H](Sc1cc(F)ccc1F)C(=O)NC1CCCCCC1. The van der Waals surface area contributed by atoms with E-state index >= 15 is 0 Å². The zero-order chi connectivity index (χ0) is 15.2. The third-order valence-electron chi connectivity index (χ3n) is 3.77. The van der Waals surface area contributed by atoms with Gasteiger partial charge in [-0.05, 0) is 38.0 Å². The van der Waals surface area contributed by atoms with Crippen LogP contribution in [0.25, 0.3) is 0 Å². The lowest BCUT2D eigenvalue weighted by Crippen LogP contribution is -2.39. The van der Waals surface area contributed by atoms with Gasteiger partial charge in [-0.3, -0.25) is 4.79 Å². The summed E-state index contributed by atoms with van der Waals surface area (Å²) in [5.74, 6) is -1.08. The molecule has 2 rings (SSSR count). The molecular formula is C16H21F2NOS. The van der Waals surface area contributed by atoms with Crippen LogP contribution in [-0.2, 0) is 4.79 Å². The molecule has 5 heteroatoms. The molecule has 116 valence electrons. The Morgan fingerprint density at radius 2 is 1.90 bits per heavy atom. The molecule has 1 fully saturated rings. The van der Waals surface area contributed by atoms with Gasteiger partial charge >= 0.3 is 0 Å². The Hall–Kier alpha value is -1.10. The van der Waals surface area contributed by atoms with Crippen molar-refractivity contribution in [1.82, 2.24) is 5.32 Å². The van der Waals surface area contributed by atoms with Crippen LogP contribution in [0.5, 0.6) is 0 Å². The van der Waals surface area contributed by atoms with Crippen LogP contribution in [0.15, 0.2) is 23.1 Å².